The van der Waals surface area contributed by atoms with Crippen molar-refractivity contribution in [1.29, 1.82) is 0 Å². The summed E-state index contributed by atoms with van der Waals surface area (Å²) in [5.41, 5.74) is 1.22. The molecule has 2 rings (SSSR count). The maximum atomic E-state index is 12.5. The molecule has 7 nitrogen and oxygen atoms in total. The maximum absolute atomic E-state index is 12.5. The number of carbonyl (C=O) groups is 2. The molecule has 0 atom stereocenters. The fourth-order valence-corrected chi connectivity index (χ4v) is 2.44. The largest absolute Gasteiger partial charge is 0.355 e. The summed E-state index contributed by atoms with van der Waals surface area (Å²) in [5.74, 6) is -0.556. The fourth-order valence-electron chi connectivity index (χ4n) is 2.26. The third kappa shape index (κ3) is 4.33. The minimum atomic E-state index is -0.628. The first-order valence-electron chi connectivity index (χ1n) is 7.34. The van der Waals surface area contributed by atoms with Crippen LogP contribution in [0.4, 0.5) is 5.69 Å². The Morgan fingerprint density at radius 3 is 2.32 bits per heavy atom. The lowest BCUT2D eigenvalue weighted by Crippen LogP contribution is -2.26. The van der Waals surface area contributed by atoms with Gasteiger partial charge >= 0.3 is 0 Å². The van der Waals surface area contributed by atoms with Gasteiger partial charge in [0.15, 0.2) is 0 Å². The number of hydrogen-bond acceptors (Lipinski definition) is 4. The van der Waals surface area contributed by atoms with Crippen molar-refractivity contribution in [2.75, 3.05) is 14.1 Å². The summed E-state index contributed by atoms with van der Waals surface area (Å²) in [7, 11) is 3.14. The molecular weight excluding hydrogens is 346 g/mol. The van der Waals surface area contributed by atoms with Crippen LogP contribution in [0.5, 0.6) is 0 Å². The fraction of sp³-hybridized carbons (Fsp3) is 0.176. The summed E-state index contributed by atoms with van der Waals surface area (Å²) in [6.07, 6.45) is 0. The number of halogens is 1. The van der Waals surface area contributed by atoms with Crippen LogP contribution < -0.4 is 5.32 Å². The van der Waals surface area contributed by atoms with Gasteiger partial charge in [0, 0.05) is 37.8 Å². The van der Waals surface area contributed by atoms with Crippen LogP contribution in [0.25, 0.3) is 0 Å². The van der Waals surface area contributed by atoms with Crippen molar-refractivity contribution in [3.63, 3.8) is 0 Å². The summed E-state index contributed by atoms with van der Waals surface area (Å²) in [6, 6.07) is 10.8. The third-order valence-corrected chi connectivity index (χ3v) is 3.92. The molecule has 8 heteroatoms. The molecule has 0 spiro atoms. The van der Waals surface area contributed by atoms with E-state index in [1.807, 2.05) is 0 Å². The molecule has 130 valence electrons. The SMILES string of the molecule is CNC(=O)c1ccc(CN(C)C(=O)c2ccc(Cl)c([N+](=O)[O-])c2)cc1. The Morgan fingerprint density at radius 1 is 1.16 bits per heavy atom. The number of nitrogens with one attached hydrogen (secondary N) is 1. The van der Waals surface area contributed by atoms with Gasteiger partial charge in [-0.25, -0.2) is 0 Å². The number of nitro groups is 1. The van der Waals surface area contributed by atoms with Crippen LogP contribution in [0, 0.1) is 10.1 Å². The second kappa shape index (κ2) is 7.76. The Labute approximate surface area is 149 Å². The molecule has 2 aromatic rings. The van der Waals surface area contributed by atoms with Crippen LogP contribution >= 0.6 is 11.6 Å². The Balaban J connectivity index is 2.14. The van der Waals surface area contributed by atoms with E-state index in [0.29, 0.717) is 12.1 Å². The first kappa shape index (κ1) is 18.4. The number of carbonyl (C=O) groups excluding carboxylic acids is 2. The molecule has 0 aliphatic carbocycles. The Hall–Kier alpha value is -2.93. The van der Waals surface area contributed by atoms with Crippen molar-refractivity contribution < 1.29 is 14.5 Å². The molecule has 0 unspecified atom stereocenters. The average Bonchev–Trinajstić information content (AvgIpc) is 2.61. The number of benzene rings is 2. The highest BCUT2D eigenvalue weighted by atomic mass is 35.5. The summed E-state index contributed by atoms with van der Waals surface area (Å²) in [5, 5.41) is 13.4. The van der Waals surface area contributed by atoms with E-state index in [4.69, 9.17) is 11.6 Å². The van der Waals surface area contributed by atoms with Gasteiger partial charge in [0.2, 0.25) is 0 Å². The number of amides is 2. The molecule has 0 saturated carbocycles. The zero-order valence-electron chi connectivity index (χ0n) is 13.7. The Kier molecular flexibility index (Phi) is 5.71. The highest BCUT2D eigenvalue weighted by Gasteiger charge is 2.18. The summed E-state index contributed by atoms with van der Waals surface area (Å²) >= 11 is 5.76. The van der Waals surface area contributed by atoms with Crippen LogP contribution in [0.1, 0.15) is 26.3 Å². The van der Waals surface area contributed by atoms with Crippen molar-refractivity contribution in [2.45, 2.75) is 6.54 Å². The number of nitro benzene ring substituents is 1. The zero-order chi connectivity index (χ0) is 18.6. The first-order valence-corrected chi connectivity index (χ1v) is 7.71. The molecule has 2 aromatic carbocycles. The van der Waals surface area contributed by atoms with Gasteiger partial charge in [0.05, 0.1) is 4.92 Å². The van der Waals surface area contributed by atoms with Gasteiger partial charge in [0.1, 0.15) is 5.02 Å². The van der Waals surface area contributed by atoms with Crippen molar-refractivity contribution in [1.82, 2.24) is 10.2 Å². The lowest BCUT2D eigenvalue weighted by molar-refractivity contribution is -0.384. The number of rotatable bonds is 5. The van der Waals surface area contributed by atoms with Crippen molar-refractivity contribution in [3.05, 3.63) is 74.3 Å². The van der Waals surface area contributed by atoms with E-state index >= 15 is 0 Å². The summed E-state index contributed by atoms with van der Waals surface area (Å²) in [4.78, 5) is 35.7. The standard InChI is InChI=1S/C17H16ClN3O4/c1-19-16(22)12-5-3-11(4-6-12)10-20(2)17(23)13-7-8-14(18)15(9-13)21(24)25/h3-9H,10H2,1-2H3,(H,19,22). The minimum Gasteiger partial charge on any atom is -0.355 e. The highest BCUT2D eigenvalue weighted by molar-refractivity contribution is 6.32. The molecule has 0 heterocycles. The maximum Gasteiger partial charge on any atom is 0.288 e. The second-order valence-corrected chi connectivity index (χ2v) is 5.77. The van der Waals surface area contributed by atoms with E-state index in [1.165, 1.54) is 17.0 Å². The van der Waals surface area contributed by atoms with Crippen LogP contribution in [0.3, 0.4) is 0 Å². The molecule has 0 bridgehead atoms. The summed E-state index contributed by atoms with van der Waals surface area (Å²) < 4.78 is 0. The van der Waals surface area contributed by atoms with Crippen molar-refractivity contribution in [3.8, 4) is 0 Å². The molecule has 2 amide bonds. The van der Waals surface area contributed by atoms with Gasteiger partial charge in [-0.2, -0.15) is 0 Å². The quantitative estimate of drug-likeness (QED) is 0.654. The van der Waals surface area contributed by atoms with E-state index in [0.717, 1.165) is 11.6 Å². The lowest BCUT2D eigenvalue weighted by atomic mass is 10.1. The van der Waals surface area contributed by atoms with Crippen LogP contribution in [-0.2, 0) is 6.54 Å². The van der Waals surface area contributed by atoms with Crippen LogP contribution in [0.2, 0.25) is 5.02 Å². The third-order valence-electron chi connectivity index (χ3n) is 3.60. The molecule has 0 aromatic heterocycles. The summed E-state index contributed by atoms with van der Waals surface area (Å²) in [6.45, 7) is 0.295. The molecule has 0 aliphatic heterocycles. The van der Waals surface area contributed by atoms with Crippen LogP contribution in [0.15, 0.2) is 42.5 Å². The van der Waals surface area contributed by atoms with E-state index in [2.05, 4.69) is 5.32 Å². The molecule has 0 radical (unpaired) electrons. The predicted molar refractivity (Wildman–Crippen MR) is 93.7 cm³/mol. The predicted octanol–water partition coefficient (Wildman–Crippen LogP) is 2.88. The molecular formula is C17H16ClN3O4. The molecule has 1 N–H and O–H groups in total. The first-order chi connectivity index (χ1) is 11.8. The monoisotopic (exact) mass is 361 g/mol. The molecule has 25 heavy (non-hydrogen) atoms. The van der Waals surface area contributed by atoms with Crippen molar-refractivity contribution in [2.24, 2.45) is 0 Å². The average molecular weight is 362 g/mol. The van der Waals surface area contributed by atoms with E-state index in [1.54, 1.807) is 38.4 Å². The zero-order valence-corrected chi connectivity index (χ0v) is 14.4. The van der Waals surface area contributed by atoms with E-state index < -0.39 is 4.92 Å². The lowest BCUT2D eigenvalue weighted by Gasteiger charge is -2.17. The Bertz CT molecular complexity index is 821. The van der Waals surface area contributed by atoms with Gasteiger partial charge in [-0.1, -0.05) is 23.7 Å². The normalized spacial score (nSPS) is 10.2. The topological polar surface area (TPSA) is 92.6 Å². The van der Waals surface area contributed by atoms with E-state index in [-0.39, 0.29) is 28.1 Å². The van der Waals surface area contributed by atoms with Gasteiger partial charge in [-0.15, -0.1) is 0 Å². The van der Waals surface area contributed by atoms with E-state index in [9.17, 15) is 19.7 Å². The number of hydrogen-bond donors (Lipinski definition) is 1. The van der Waals surface area contributed by atoms with Gasteiger partial charge in [-0.05, 0) is 29.8 Å². The van der Waals surface area contributed by atoms with Gasteiger partial charge in [0.25, 0.3) is 17.5 Å². The number of nitrogens with zero attached hydrogens (tertiary/aromatic N) is 2. The molecule has 0 aliphatic rings. The smallest absolute Gasteiger partial charge is 0.288 e. The minimum absolute atomic E-state index is 0.0195. The molecule has 0 saturated heterocycles. The van der Waals surface area contributed by atoms with Gasteiger partial charge in [-0.3, -0.25) is 19.7 Å². The highest BCUT2D eigenvalue weighted by Crippen LogP contribution is 2.25. The van der Waals surface area contributed by atoms with Crippen molar-refractivity contribution >= 4 is 29.1 Å². The van der Waals surface area contributed by atoms with Gasteiger partial charge < -0.3 is 10.2 Å². The molecule has 0 fully saturated rings. The van der Waals surface area contributed by atoms with Crippen LogP contribution in [-0.4, -0.2) is 35.7 Å². The Morgan fingerprint density at radius 2 is 1.76 bits per heavy atom. The second-order valence-electron chi connectivity index (χ2n) is 5.36.